The second-order valence-electron chi connectivity index (χ2n) is 10.1. The topological polar surface area (TPSA) is 88.8 Å². The molecule has 212 valence electrons. The first kappa shape index (κ1) is 28.0. The lowest BCUT2D eigenvalue weighted by molar-refractivity contribution is -0.131. The van der Waals surface area contributed by atoms with Gasteiger partial charge in [0.25, 0.3) is 17.9 Å². The fourth-order valence-electron chi connectivity index (χ4n) is 5.45. The van der Waals surface area contributed by atoms with Crippen LogP contribution in [0.5, 0.6) is 0 Å². The van der Waals surface area contributed by atoms with E-state index in [2.05, 4.69) is 10.3 Å². The van der Waals surface area contributed by atoms with Crippen molar-refractivity contribution in [1.82, 2.24) is 19.7 Å². The van der Waals surface area contributed by atoms with Gasteiger partial charge in [0.15, 0.2) is 0 Å². The largest absolute Gasteiger partial charge is 0.374 e. The summed E-state index contributed by atoms with van der Waals surface area (Å²) in [5.41, 5.74) is 1.55. The first-order chi connectivity index (χ1) is 19.1. The van der Waals surface area contributed by atoms with Gasteiger partial charge in [0, 0.05) is 37.7 Å². The molecule has 12 heteroatoms. The Morgan fingerprint density at radius 3 is 2.58 bits per heavy atom. The van der Waals surface area contributed by atoms with E-state index >= 15 is 0 Å². The predicted octanol–water partition coefficient (Wildman–Crippen LogP) is 3.90. The number of anilines is 1. The molecule has 0 bridgehead atoms. The fraction of sp³-hybridized carbons (Fsp3) is 0.393. The molecule has 3 heterocycles. The maximum atomic E-state index is 14.9. The van der Waals surface area contributed by atoms with Crippen LogP contribution in [0.4, 0.5) is 18.9 Å². The molecule has 5 rings (SSSR count). The summed E-state index contributed by atoms with van der Waals surface area (Å²) in [6, 6.07) is 9.39. The molecule has 0 unspecified atom stereocenters. The van der Waals surface area contributed by atoms with Crippen LogP contribution in [0.25, 0.3) is 10.8 Å². The van der Waals surface area contributed by atoms with Gasteiger partial charge in [-0.2, -0.15) is 0 Å². The lowest BCUT2D eigenvalue weighted by Crippen LogP contribution is -2.50. The standard InChI is InChI=1S/C28H29ClF3N5O3/c1-16-20-3-2-19(29)10-17(20)4-5-37(16)26(38)14-33-23-11-18-12-24(34-27(39)21(18)13-22(23)30)28(40)36-8-6-35(7-9-36)15-25(31)32/h2-3,10-13,16,25,33H,4-9,14-15H2,1H3,(H,34,39)/t16-/m0/s1. The second kappa shape index (κ2) is 11.5. The molecule has 0 spiro atoms. The van der Waals surface area contributed by atoms with Crippen LogP contribution in [0.2, 0.25) is 5.02 Å². The number of H-pyrrole nitrogens is 1. The van der Waals surface area contributed by atoms with Gasteiger partial charge in [0.2, 0.25) is 5.91 Å². The number of carbonyl (C=O) groups excluding carboxylic acids is 2. The number of nitrogens with zero attached hydrogens (tertiary/aromatic N) is 3. The van der Waals surface area contributed by atoms with E-state index in [0.717, 1.165) is 17.2 Å². The third kappa shape index (κ3) is 5.80. The van der Waals surface area contributed by atoms with Crippen molar-refractivity contribution in [2.45, 2.75) is 25.8 Å². The van der Waals surface area contributed by atoms with Crippen LogP contribution in [0.3, 0.4) is 0 Å². The van der Waals surface area contributed by atoms with Gasteiger partial charge in [0.05, 0.1) is 30.2 Å². The number of piperazine rings is 1. The summed E-state index contributed by atoms with van der Waals surface area (Å²) in [7, 11) is 0. The van der Waals surface area contributed by atoms with Gasteiger partial charge in [-0.05, 0) is 60.2 Å². The van der Waals surface area contributed by atoms with Gasteiger partial charge in [-0.25, -0.2) is 13.2 Å². The molecule has 2 aliphatic heterocycles. The number of halogens is 4. The number of fused-ring (bicyclic) bond motifs is 2. The minimum Gasteiger partial charge on any atom is -0.374 e. The number of carbonyl (C=O) groups is 2. The van der Waals surface area contributed by atoms with Crippen molar-refractivity contribution in [2.24, 2.45) is 0 Å². The number of amides is 2. The second-order valence-corrected chi connectivity index (χ2v) is 10.6. The lowest BCUT2D eigenvalue weighted by atomic mass is 9.93. The SMILES string of the molecule is C[C@H]1c2ccc(Cl)cc2CCN1C(=O)CNc1cc2cc(C(=O)N3CCN(CC(F)F)CC3)[nH]c(=O)c2cc1F. The molecule has 1 aromatic heterocycles. The molecule has 3 aromatic rings. The Morgan fingerprint density at radius 2 is 1.85 bits per heavy atom. The number of hydrogen-bond acceptors (Lipinski definition) is 5. The number of pyridine rings is 1. The van der Waals surface area contributed by atoms with Crippen molar-refractivity contribution in [1.29, 1.82) is 0 Å². The van der Waals surface area contributed by atoms with E-state index in [0.29, 0.717) is 36.5 Å². The summed E-state index contributed by atoms with van der Waals surface area (Å²) < 4.78 is 40.2. The van der Waals surface area contributed by atoms with Crippen molar-refractivity contribution < 1.29 is 22.8 Å². The maximum absolute atomic E-state index is 14.9. The Kier molecular flexibility index (Phi) is 8.04. The van der Waals surface area contributed by atoms with E-state index < -0.39 is 23.7 Å². The molecule has 2 aliphatic rings. The molecular weight excluding hydrogens is 547 g/mol. The van der Waals surface area contributed by atoms with Crippen LogP contribution in [-0.4, -0.2) is 83.7 Å². The molecule has 1 saturated heterocycles. The normalized spacial score (nSPS) is 17.8. The van der Waals surface area contributed by atoms with Crippen molar-refractivity contribution in [3.63, 3.8) is 0 Å². The van der Waals surface area contributed by atoms with E-state index in [-0.39, 0.29) is 54.9 Å². The van der Waals surface area contributed by atoms with E-state index in [1.165, 1.54) is 17.0 Å². The summed E-state index contributed by atoms with van der Waals surface area (Å²) in [4.78, 5) is 46.1. The zero-order valence-electron chi connectivity index (χ0n) is 21.9. The first-order valence-electron chi connectivity index (χ1n) is 13.1. The Hall–Kier alpha value is -3.57. The van der Waals surface area contributed by atoms with Gasteiger partial charge in [-0.1, -0.05) is 17.7 Å². The minimum atomic E-state index is -2.45. The lowest BCUT2D eigenvalue weighted by Gasteiger charge is -2.35. The summed E-state index contributed by atoms with van der Waals surface area (Å²) in [5.74, 6) is -1.35. The Labute approximate surface area is 233 Å². The van der Waals surface area contributed by atoms with Gasteiger partial charge in [-0.3, -0.25) is 19.3 Å². The van der Waals surface area contributed by atoms with Crippen molar-refractivity contribution in [3.05, 3.63) is 74.4 Å². The smallest absolute Gasteiger partial charge is 0.270 e. The number of aromatic amines is 1. The van der Waals surface area contributed by atoms with Crippen molar-refractivity contribution in [2.75, 3.05) is 51.1 Å². The van der Waals surface area contributed by atoms with Crippen molar-refractivity contribution in [3.8, 4) is 0 Å². The molecule has 2 aromatic carbocycles. The minimum absolute atomic E-state index is 0.0226. The van der Waals surface area contributed by atoms with Crippen LogP contribution >= 0.6 is 11.6 Å². The zero-order chi connectivity index (χ0) is 28.6. The third-order valence-corrected chi connectivity index (χ3v) is 7.85. The highest BCUT2D eigenvalue weighted by Crippen LogP contribution is 2.31. The maximum Gasteiger partial charge on any atom is 0.270 e. The highest BCUT2D eigenvalue weighted by Gasteiger charge is 2.28. The molecule has 0 saturated carbocycles. The molecule has 2 N–H and O–H groups in total. The Bertz CT molecular complexity index is 1510. The number of hydrogen-bond donors (Lipinski definition) is 2. The molecule has 8 nitrogen and oxygen atoms in total. The predicted molar refractivity (Wildman–Crippen MR) is 147 cm³/mol. The summed E-state index contributed by atoms with van der Waals surface area (Å²) in [6.45, 7) is 3.03. The molecule has 40 heavy (non-hydrogen) atoms. The summed E-state index contributed by atoms with van der Waals surface area (Å²) in [6.07, 6.45) is -1.78. The highest BCUT2D eigenvalue weighted by molar-refractivity contribution is 6.30. The van der Waals surface area contributed by atoms with Crippen LogP contribution in [0, 0.1) is 5.82 Å². The first-order valence-corrected chi connectivity index (χ1v) is 13.5. The van der Waals surface area contributed by atoms with Crippen LogP contribution < -0.4 is 10.9 Å². The van der Waals surface area contributed by atoms with Crippen LogP contribution in [0.1, 0.15) is 34.6 Å². The van der Waals surface area contributed by atoms with Gasteiger partial charge in [-0.15, -0.1) is 0 Å². The molecule has 0 radical (unpaired) electrons. The monoisotopic (exact) mass is 575 g/mol. The Balaban J connectivity index is 1.29. The molecule has 0 aliphatic carbocycles. The van der Waals surface area contributed by atoms with Gasteiger partial charge >= 0.3 is 0 Å². The number of nitrogens with one attached hydrogen (secondary N) is 2. The average molecular weight is 576 g/mol. The fourth-order valence-corrected chi connectivity index (χ4v) is 5.65. The quantitative estimate of drug-likeness (QED) is 0.465. The highest BCUT2D eigenvalue weighted by atomic mass is 35.5. The van der Waals surface area contributed by atoms with E-state index in [1.807, 2.05) is 19.1 Å². The van der Waals surface area contributed by atoms with E-state index in [1.54, 1.807) is 15.9 Å². The molecule has 1 atom stereocenters. The zero-order valence-corrected chi connectivity index (χ0v) is 22.6. The van der Waals surface area contributed by atoms with Crippen molar-refractivity contribution >= 4 is 39.9 Å². The average Bonchev–Trinajstić information content (AvgIpc) is 2.92. The molecular formula is C28H29ClF3N5O3. The summed E-state index contributed by atoms with van der Waals surface area (Å²) >= 11 is 6.10. The van der Waals surface area contributed by atoms with Crippen LogP contribution in [-0.2, 0) is 11.2 Å². The third-order valence-electron chi connectivity index (χ3n) is 7.61. The number of aromatic nitrogens is 1. The number of benzene rings is 2. The molecule has 2 amide bonds. The number of rotatable bonds is 6. The Morgan fingerprint density at radius 1 is 1.10 bits per heavy atom. The molecule has 1 fully saturated rings. The van der Waals surface area contributed by atoms with Gasteiger partial charge in [0.1, 0.15) is 11.5 Å². The van der Waals surface area contributed by atoms with Crippen LogP contribution in [0.15, 0.2) is 41.2 Å². The van der Waals surface area contributed by atoms with E-state index in [4.69, 9.17) is 11.6 Å². The van der Waals surface area contributed by atoms with Gasteiger partial charge < -0.3 is 20.1 Å². The summed E-state index contributed by atoms with van der Waals surface area (Å²) in [5, 5.41) is 3.89. The van der Waals surface area contributed by atoms with E-state index in [9.17, 15) is 27.6 Å². The number of alkyl halides is 2.